The van der Waals surface area contributed by atoms with Gasteiger partial charge in [0.05, 0.1) is 31.8 Å². The molecule has 2 saturated heterocycles. The van der Waals surface area contributed by atoms with E-state index in [9.17, 15) is 53.5 Å². The monoisotopic (exact) mass is 955 g/mol. The fourth-order valence-electron chi connectivity index (χ4n) is 8.86. The number of nitrogens with one attached hydrogen (secondary N) is 10. The minimum Gasteiger partial charge on any atom is -0.394 e. The molecular formula is C44H65N11O11S. The number of carbonyl (C=O) groups excluding carboxylic acids is 9. The van der Waals surface area contributed by atoms with Crippen LogP contribution >= 0.6 is 11.8 Å². The first kappa shape index (κ1) is 52.0. The van der Waals surface area contributed by atoms with E-state index in [0.717, 1.165) is 55.2 Å². The van der Waals surface area contributed by atoms with Crippen molar-refractivity contribution in [1.82, 2.24) is 53.0 Å². The highest BCUT2D eigenvalue weighted by Crippen LogP contribution is 2.34. The number of hydrogen-bond donors (Lipinski definition) is 13. The molecule has 0 spiro atoms. The Labute approximate surface area is 392 Å². The molecule has 2 aromatic rings. The number of rotatable bonds is 27. The molecule has 67 heavy (non-hydrogen) atoms. The molecule has 368 valence electrons. The zero-order valence-electron chi connectivity index (χ0n) is 37.5. The minimum atomic E-state index is -1.55. The number of H-pyrrole nitrogens is 1. The number of aliphatic hydroxyl groups is 1. The van der Waals surface area contributed by atoms with Crippen molar-refractivity contribution in [2.24, 2.45) is 17.6 Å². The van der Waals surface area contributed by atoms with Crippen LogP contribution in [0.1, 0.15) is 89.0 Å². The first-order valence-corrected chi connectivity index (χ1v) is 24.1. The van der Waals surface area contributed by atoms with E-state index in [1.807, 2.05) is 36.0 Å². The van der Waals surface area contributed by atoms with E-state index in [2.05, 4.69) is 47.5 Å². The van der Waals surface area contributed by atoms with Gasteiger partial charge in [0, 0.05) is 59.8 Å². The van der Waals surface area contributed by atoms with Gasteiger partial charge in [-0.2, -0.15) is 11.8 Å². The molecule has 1 aromatic carbocycles. The standard InChI is InChI=1S/C44H65N11O11S/c45-40(61)30(14-8-9-17-46-35(57)16-7-6-15-34-39-33(24-67-34)53-44(65)54-39)50-38(60)22-48-37(59)21-49-42(63)32(23-56)52-43(64)31(18-26-20-47-29-13-5-4-12-27(26)29)51-41(62)28(19-36(58)55-66)25-10-2-1-3-11-25/h4-5,12-13,20,25,28,30-34,39,47,56,66H,1-3,6-11,14-19,21-24H2,(H2,45,61)(H,46,57)(H,48,59)(H,49,63)(H,50,60)(H,51,62)(H,52,64)(H,55,58)(H2,53,54,65)/t28?,30-,31-,32-,33-,34-,39-/m0/s1. The van der Waals surface area contributed by atoms with Crippen LogP contribution in [0, 0.1) is 11.8 Å². The maximum Gasteiger partial charge on any atom is 0.315 e. The number of urea groups is 1. The van der Waals surface area contributed by atoms with Gasteiger partial charge in [-0.25, -0.2) is 10.3 Å². The number of para-hydroxylation sites is 1. The number of aromatic nitrogens is 1. The lowest BCUT2D eigenvalue weighted by atomic mass is 9.78. The maximum atomic E-state index is 13.8. The SMILES string of the molecule is NC(=O)[C@H](CCCCNC(=O)CCCC[C@@H]1SC[C@@H]2NC(=O)N[C@@H]21)NC(=O)CNC(=O)CNC(=O)[C@H](CO)NC(=O)[C@H](Cc1c[nH]c2ccccc12)NC(=O)C(CC(=O)NO)C1CCCCC1. The van der Waals surface area contributed by atoms with Gasteiger partial charge in [-0.1, -0.05) is 43.9 Å². The first-order chi connectivity index (χ1) is 32.3. The minimum absolute atomic E-state index is 0.0327. The largest absolute Gasteiger partial charge is 0.394 e. The van der Waals surface area contributed by atoms with Gasteiger partial charge >= 0.3 is 6.03 Å². The number of hydroxylamine groups is 1. The molecule has 1 aromatic heterocycles. The second-order valence-electron chi connectivity index (χ2n) is 17.3. The van der Waals surface area contributed by atoms with Crippen LogP contribution in [-0.2, 0) is 44.8 Å². The average molecular weight is 956 g/mol. The summed E-state index contributed by atoms with van der Waals surface area (Å²) < 4.78 is 0. The van der Waals surface area contributed by atoms with Crippen molar-refractivity contribution in [3.8, 4) is 0 Å². The summed E-state index contributed by atoms with van der Waals surface area (Å²) in [5.74, 6) is -5.62. The van der Waals surface area contributed by atoms with Crippen molar-refractivity contribution in [3.05, 3.63) is 36.0 Å². The summed E-state index contributed by atoms with van der Waals surface area (Å²) in [5.41, 5.74) is 8.53. The molecule has 10 amide bonds. The Morgan fingerprint density at radius 3 is 2.27 bits per heavy atom. The molecule has 3 aliphatic rings. The highest BCUT2D eigenvalue weighted by atomic mass is 32.2. The number of primary amides is 1. The topological polar surface area (TPSA) is 344 Å². The van der Waals surface area contributed by atoms with Gasteiger partial charge in [0.25, 0.3) is 0 Å². The van der Waals surface area contributed by atoms with Gasteiger partial charge < -0.3 is 58.4 Å². The van der Waals surface area contributed by atoms with E-state index in [4.69, 9.17) is 5.73 Å². The predicted molar refractivity (Wildman–Crippen MR) is 246 cm³/mol. The molecule has 1 aliphatic carbocycles. The Hall–Kier alpha value is -5.94. The summed E-state index contributed by atoms with van der Waals surface area (Å²) in [5, 5.41) is 41.5. The van der Waals surface area contributed by atoms with E-state index >= 15 is 0 Å². The van der Waals surface area contributed by atoms with Gasteiger partial charge in [0.2, 0.25) is 47.3 Å². The van der Waals surface area contributed by atoms with Crippen LogP contribution < -0.4 is 53.7 Å². The van der Waals surface area contributed by atoms with Gasteiger partial charge in [-0.15, -0.1) is 0 Å². The summed E-state index contributed by atoms with van der Waals surface area (Å²) in [7, 11) is 0. The maximum absolute atomic E-state index is 13.8. The van der Waals surface area contributed by atoms with Crippen molar-refractivity contribution < 1.29 is 53.5 Å². The van der Waals surface area contributed by atoms with E-state index in [0.29, 0.717) is 49.5 Å². The zero-order chi connectivity index (χ0) is 48.3. The molecule has 0 bridgehead atoms. The third kappa shape index (κ3) is 16.1. The summed E-state index contributed by atoms with van der Waals surface area (Å²) >= 11 is 1.83. The lowest BCUT2D eigenvalue weighted by Crippen LogP contribution is -2.57. The van der Waals surface area contributed by atoms with E-state index in [1.165, 1.54) is 0 Å². The second kappa shape index (κ2) is 26.4. The van der Waals surface area contributed by atoms with Crippen LogP contribution in [0.2, 0.25) is 0 Å². The lowest BCUT2D eigenvalue weighted by Gasteiger charge is -2.30. The number of nitrogens with two attached hydrogens (primary N) is 1. The number of fused-ring (bicyclic) bond motifs is 2. The normalized spacial score (nSPS) is 19.6. The fraction of sp³-hybridized carbons (Fsp3) is 0.614. The van der Waals surface area contributed by atoms with Crippen molar-refractivity contribution in [2.75, 3.05) is 32.0 Å². The molecule has 3 heterocycles. The molecule has 2 aliphatic heterocycles. The number of benzene rings is 1. The summed E-state index contributed by atoms with van der Waals surface area (Å²) in [6.45, 7) is -1.71. The highest BCUT2D eigenvalue weighted by molar-refractivity contribution is 8.00. The van der Waals surface area contributed by atoms with Crippen molar-refractivity contribution in [1.29, 1.82) is 0 Å². The number of unbranched alkanes of at least 4 members (excludes halogenated alkanes) is 2. The van der Waals surface area contributed by atoms with Crippen LogP contribution in [0.4, 0.5) is 4.79 Å². The van der Waals surface area contributed by atoms with Crippen molar-refractivity contribution >= 4 is 76.0 Å². The van der Waals surface area contributed by atoms with Gasteiger partial charge in [-0.05, 0) is 62.5 Å². The van der Waals surface area contributed by atoms with Crippen LogP contribution in [0.25, 0.3) is 10.9 Å². The quantitative estimate of drug-likeness (QED) is 0.0222. The summed E-state index contributed by atoms with van der Waals surface area (Å²) in [6, 6.07) is 3.62. The van der Waals surface area contributed by atoms with Crippen LogP contribution in [0.5, 0.6) is 0 Å². The van der Waals surface area contributed by atoms with Gasteiger partial charge in [0.15, 0.2) is 0 Å². The molecule has 7 atom stereocenters. The fourth-order valence-corrected chi connectivity index (χ4v) is 10.4. The van der Waals surface area contributed by atoms with E-state index in [-0.39, 0.29) is 49.2 Å². The molecule has 1 unspecified atom stereocenters. The number of amides is 10. The third-order valence-corrected chi connectivity index (χ3v) is 14.0. The molecule has 23 heteroatoms. The number of thioether (sulfide) groups is 1. The number of hydrogen-bond acceptors (Lipinski definition) is 12. The van der Waals surface area contributed by atoms with Crippen molar-refractivity contribution in [3.63, 3.8) is 0 Å². The van der Waals surface area contributed by atoms with E-state index in [1.54, 1.807) is 11.7 Å². The summed E-state index contributed by atoms with van der Waals surface area (Å²) in [6.07, 6.45) is 9.46. The Morgan fingerprint density at radius 1 is 0.776 bits per heavy atom. The highest BCUT2D eigenvalue weighted by Gasteiger charge is 2.42. The summed E-state index contributed by atoms with van der Waals surface area (Å²) in [4.78, 5) is 117. The molecule has 3 fully saturated rings. The van der Waals surface area contributed by atoms with E-state index < -0.39 is 85.1 Å². The lowest BCUT2D eigenvalue weighted by molar-refractivity contribution is -0.138. The molecule has 22 nitrogen and oxygen atoms in total. The predicted octanol–water partition coefficient (Wildman–Crippen LogP) is -1.02. The molecule has 14 N–H and O–H groups in total. The Bertz CT molecular complexity index is 2070. The molecule has 5 rings (SSSR count). The number of aromatic amines is 1. The Balaban J connectivity index is 1.02. The first-order valence-electron chi connectivity index (χ1n) is 23.0. The molecular weight excluding hydrogens is 891 g/mol. The average Bonchev–Trinajstić information content (AvgIpc) is 4.03. The van der Waals surface area contributed by atoms with Gasteiger partial charge in [0.1, 0.15) is 18.1 Å². The van der Waals surface area contributed by atoms with Crippen LogP contribution in [0.15, 0.2) is 30.5 Å². The third-order valence-electron chi connectivity index (χ3n) is 12.5. The molecule has 0 radical (unpaired) electrons. The molecule has 1 saturated carbocycles. The Kier molecular flexibility index (Phi) is 20.5. The van der Waals surface area contributed by atoms with Crippen LogP contribution in [-0.4, -0.2) is 136 Å². The number of aliphatic hydroxyl groups excluding tert-OH is 1. The van der Waals surface area contributed by atoms with Gasteiger partial charge in [-0.3, -0.25) is 43.6 Å². The number of carbonyl (C=O) groups is 9. The second-order valence-corrected chi connectivity index (χ2v) is 18.6. The zero-order valence-corrected chi connectivity index (χ0v) is 38.3. The Morgan fingerprint density at radius 2 is 1.52 bits per heavy atom. The van der Waals surface area contributed by atoms with Crippen molar-refractivity contribution in [2.45, 2.75) is 125 Å². The van der Waals surface area contributed by atoms with Crippen LogP contribution in [0.3, 0.4) is 0 Å². The smallest absolute Gasteiger partial charge is 0.315 e.